The topological polar surface area (TPSA) is 42.0 Å². The molecule has 0 unspecified atom stereocenters. The first-order chi connectivity index (χ1) is 14.0. The van der Waals surface area contributed by atoms with Crippen molar-refractivity contribution in [1.29, 1.82) is 0 Å². The predicted molar refractivity (Wildman–Crippen MR) is 129 cm³/mol. The van der Waals surface area contributed by atoms with Crippen LogP contribution in [-0.4, -0.2) is 10.9 Å². The lowest BCUT2D eigenvalue weighted by Gasteiger charge is -2.18. The van der Waals surface area contributed by atoms with Gasteiger partial charge in [-0.1, -0.05) is 90.1 Å². The van der Waals surface area contributed by atoms with E-state index in [0.29, 0.717) is 5.13 Å². The van der Waals surface area contributed by atoms with Crippen molar-refractivity contribution in [1.82, 2.24) is 4.98 Å². The molecule has 0 aliphatic heterocycles. The molecule has 0 spiro atoms. The van der Waals surface area contributed by atoms with E-state index in [4.69, 9.17) is 0 Å². The van der Waals surface area contributed by atoms with Gasteiger partial charge in [0.1, 0.15) is 0 Å². The first kappa shape index (κ1) is 22.0. The van der Waals surface area contributed by atoms with Crippen LogP contribution in [0.3, 0.4) is 0 Å². The van der Waals surface area contributed by atoms with Gasteiger partial charge in [-0.3, -0.25) is 10.1 Å². The molecule has 1 heterocycles. The largest absolute Gasteiger partial charge is 0.298 e. The van der Waals surface area contributed by atoms with Gasteiger partial charge in [-0.2, -0.15) is 0 Å². The van der Waals surface area contributed by atoms with Crippen LogP contribution in [0.25, 0.3) is 17.3 Å². The van der Waals surface area contributed by atoms with E-state index in [1.54, 1.807) is 6.08 Å². The first-order valence-corrected chi connectivity index (χ1v) is 11.1. The average molecular weight is 419 g/mol. The molecule has 0 aliphatic rings. The van der Waals surface area contributed by atoms with Crippen LogP contribution < -0.4 is 5.32 Å². The highest BCUT2D eigenvalue weighted by Crippen LogP contribution is 2.28. The van der Waals surface area contributed by atoms with E-state index < -0.39 is 0 Å². The summed E-state index contributed by atoms with van der Waals surface area (Å²) < 4.78 is 0. The lowest BCUT2D eigenvalue weighted by Crippen LogP contribution is -2.10. The number of nitrogens with one attached hydrogen (secondary N) is 1. The molecule has 1 N–H and O–H groups in total. The molecule has 0 aliphatic carbocycles. The van der Waals surface area contributed by atoms with Crippen molar-refractivity contribution in [2.75, 3.05) is 5.32 Å². The minimum absolute atomic E-state index is 0.120. The van der Waals surface area contributed by atoms with Gasteiger partial charge in [-0.15, -0.1) is 11.3 Å². The monoisotopic (exact) mass is 418 g/mol. The third kappa shape index (κ3) is 5.67. The van der Waals surface area contributed by atoms with Crippen LogP contribution in [-0.2, 0) is 15.6 Å². The second-order valence-electron chi connectivity index (χ2n) is 9.56. The molecule has 3 aromatic rings. The zero-order chi connectivity index (χ0) is 21.9. The molecule has 30 heavy (non-hydrogen) atoms. The Bertz CT molecular complexity index is 1030. The van der Waals surface area contributed by atoms with Gasteiger partial charge in [0, 0.05) is 17.0 Å². The highest BCUT2D eigenvalue weighted by Gasteiger charge is 2.14. The molecule has 4 heteroatoms. The normalized spacial score (nSPS) is 12.3. The summed E-state index contributed by atoms with van der Waals surface area (Å²) in [5.41, 5.74) is 5.73. The van der Waals surface area contributed by atoms with Crippen LogP contribution in [0, 0.1) is 0 Å². The Kier molecular flexibility index (Phi) is 6.27. The first-order valence-electron chi connectivity index (χ1n) is 10.2. The van der Waals surface area contributed by atoms with Gasteiger partial charge in [0.25, 0.3) is 0 Å². The molecule has 2 aromatic carbocycles. The van der Waals surface area contributed by atoms with Crippen molar-refractivity contribution >= 4 is 28.5 Å². The zero-order valence-electron chi connectivity index (χ0n) is 18.6. The van der Waals surface area contributed by atoms with Crippen LogP contribution >= 0.6 is 11.3 Å². The Hall–Kier alpha value is -2.72. The number of aromatic nitrogens is 1. The minimum atomic E-state index is -0.182. The number of benzene rings is 2. The minimum Gasteiger partial charge on any atom is -0.298 e. The van der Waals surface area contributed by atoms with Crippen molar-refractivity contribution in [3.05, 3.63) is 76.7 Å². The van der Waals surface area contributed by atoms with Crippen molar-refractivity contribution in [2.45, 2.75) is 52.4 Å². The highest BCUT2D eigenvalue weighted by atomic mass is 32.1. The molecule has 0 radical (unpaired) electrons. The Labute approximate surface area is 183 Å². The van der Waals surface area contributed by atoms with Crippen molar-refractivity contribution in [3.8, 4) is 11.3 Å². The predicted octanol–water partition coefficient (Wildman–Crippen LogP) is 7.06. The molecule has 0 fully saturated rings. The Morgan fingerprint density at radius 1 is 0.867 bits per heavy atom. The maximum Gasteiger partial charge on any atom is 0.250 e. The number of rotatable bonds is 4. The third-order valence-electron chi connectivity index (χ3n) is 4.98. The molecule has 3 rings (SSSR count). The number of nitrogens with zero attached hydrogens (tertiary/aromatic N) is 1. The molecule has 0 saturated carbocycles. The van der Waals surface area contributed by atoms with Crippen molar-refractivity contribution in [2.24, 2.45) is 0 Å². The fourth-order valence-corrected chi connectivity index (χ4v) is 3.74. The zero-order valence-corrected chi connectivity index (χ0v) is 19.4. The molecule has 156 valence electrons. The van der Waals surface area contributed by atoms with Crippen LogP contribution in [0.2, 0.25) is 0 Å². The summed E-state index contributed by atoms with van der Waals surface area (Å²) in [4.78, 5) is 16.8. The molecular formula is C26H30N2OS. The number of amides is 1. The maximum absolute atomic E-state index is 12.3. The second-order valence-corrected chi connectivity index (χ2v) is 10.4. The summed E-state index contributed by atoms with van der Waals surface area (Å²) in [7, 11) is 0. The number of hydrogen-bond donors (Lipinski definition) is 1. The highest BCUT2D eigenvalue weighted by molar-refractivity contribution is 7.14. The summed E-state index contributed by atoms with van der Waals surface area (Å²) in [6.07, 6.45) is 3.37. The van der Waals surface area contributed by atoms with Crippen molar-refractivity contribution < 1.29 is 4.79 Å². The lowest BCUT2D eigenvalue weighted by molar-refractivity contribution is -0.111. The Morgan fingerprint density at radius 3 is 1.93 bits per heavy atom. The van der Waals surface area contributed by atoms with E-state index in [2.05, 4.69) is 88.2 Å². The number of carbonyl (C=O) groups is 1. The van der Waals surface area contributed by atoms with Gasteiger partial charge >= 0.3 is 0 Å². The van der Waals surface area contributed by atoms with E-state index in [0.717, 1.165) is 16.8 Å². The molecular weight excluding hydrogens is 388 g/mol. The lowest BCUT2D eigenvalue weighted by atomic mass is 9.86. The van der Waals surface area contributed by atoms with Gasteiger partial charge in [0.2, 0.25) is 5.91 Å². The smallest absolute Gasteiger partial charge is 0.250 e. The maximum atomic E-state index is 12.3. The summed E-state index contributed by atoms with van der Waals surface area (Å²) in [5.74, 6) is -0.182. The van der Waals surface area contributed by atoms with Crippen LogP contribution in [0.1, 0.15) is 58.2 Å². The van der Waals surface area contributed by atoms with Gasteiger partial charge in [0.05, 0.1) is 5.69 Å². The number of hydrogen-bond acceptors (Lipinski definition) is 3. The number of carbonyl (C=O) groups excluding carboxylic acids is 1. The van der Waals surface area contributed by atoms with Crippen LogP contribution in [0.5, 0.6) is 0 Å². The molecule has 1 aromatic heterocycles. The molecule has 3 nitrogen and oxygen atoms in total. The fourth-order valence-electron chi connectivity index (χ4n) is 3.02. The van der Waals surface area contributed by atoms with E-state index in [9.17, 15) is 4.79 Å². The number of thiazole rings is 1. The quantitative estimate of drug-likeness (QED) is 0.461. The van der Waals surface area contributed by atoms with Gasteiger partial charge < -0.3 is 0 Å². The standard InChI is InChI=1S/C26H30N2OS/c1-25(2,3)20-12-7-18(8-13-20)9-16-23(29)28-24-27-22(17-30-24)19-10-14-21(15-11-19)26(4,5)6/h7-17H,1-6H3,(H,27,28,29). The van der Waals surface area contributed by atoms with Crippen molar-refractivity contribution in [3.63, 3.8) is 0 Å². The van der Waals surface area contributed by atoms with Crippen LogP contribution in [0.4, 0.5) is 5.13 Å². The Balaban J connectivity index is 1.63. The summed E-state index contributed by atoms with van der Waals surface area (Å²) in [6, 6.07) is 16.7. The second kappa shape index (κ2) is 8.57. The fraction of sp³-hybridized carbons (Fsp3) is 0.308. The molecule has 0 atom stereocenters. The summed E-state index contributed by atoms with van der Waals surface area (Å²) >= 11 is 1.43. The third-order valence-corrected chi connectivity index (χ3v) is 5.74. The van der Waals surface area contributed by atoms with E-state index in [1.807, 2.05) is 23.6 Å². The van der Waals surface area contributed by atoms with E-state index in [-0.39, 0.29) is 16.7 Å². The number of anilines is 1. The summed E-state index contributed by atoms with van der Waals surface area (Å²) in [6.45, 7) is 13.2. The average Bonchev–Trinajstić information content (AvgIpc) is 3.14. The molecule has 1 amide bonds. The van der Waals surface area contributed by atoms with E-state index in [1.165, 1.54) is 22.5 Å². The van der Waals surface area contributed by atoms with Gasteiger partial charge in [0.15, 0.2) is 5.13 Å². The van der Waals surface area contributed by atoms with Crippen LogP contribution in [0.15, 0.2) is 60.0 Å². The SMILES string of the molecule is CC(C)(C)c1ccc(C=CC(=O)Nc2nc(-c3ccc(C(C)(C)C)cc3)cs2)cc1. The molecule has 0 bridgehead atoms. The Morgan fingerprint density at radius 2 is 1.40 bits per heavy atom. The van der Waals surface area contributed by atoms with Gasteiger partial charge in [-0.05, 0) is 33.6 Å². The van der Waals surface area contributed by atoms with Gasteiger partial charge in [-0.25, -0.2) is 4.98 Å². The van der Waals surface area contributed by atoms with E-state index >= 15 is 0 Å². The molecule has 0 saturated heterocycles. The summed E-state index contributed by atoms with van der Waals surface area (Å²) in [5, 5.41) is 5.42.